The number of hydrogen-bond donors (Lipinski definition) is 0. The van der Waals surface area contributed by atoms with Crippen molar-refractivity contribution in [1.29, 1.82) is 0 Å². The average Bonchev–Trinajstić information content (AvgIpc) is 3.50. The fourth-order valence-electron chi connectivity index (χ4n) is 4.97. The first kappa shape index (κ1) is 23.0. The summed E-state index contributed by atoms with van der Waals surface area (Å²) in [5.41, 5.74) is 6.07. The maximum atomic E-state index is 8.25. The second-order valence-electron chi connectivity index (χ2n) is 11.5. The van der Waals surface area contributed by atoms with Crippen molar-refractivity contribution in [2.75, 3.05) is 0 Å². The fraction of sp³-hybridized carbons (Fsp3) is 0.171. The topological polar surface area (TPSA) is 38.9 Å². The number of aromatic nitrogens is 2. The van der Waals surface area contributed by atoms with Gasteiger partial charge < -0.3 is 14.4 Å². The molecule has 7 rings (SSSR count). The first-order chi connectivity index (χ1) is 24.4. The van der Waals surface area contributed by atoms with Gasteiger partial charge in [-0.2, -0.15) is 0 Å². The van der Waals surface area contributed by atoms with Gasteiger partial charge in [0.1, 0.15) is 5.58 Å². The number of rotatable bonds is 4. The van der Waals surface area contributed by atoms with E-state index in [2.05, 4.69) is 22.1 Å². The predicted octanol–water partition coefficient (Wildman–Crippen LogP) is 10.9. The normalized spacial score (nSPS) is 14.6. The van der Waals surface area contributed by atoms with Crippen molar-refractivity contribution in [3.8, 4) is 33.6 Å². The van der Waals surface area contributed by atoms with E-state index in [1.807, 2.05) is 93.6 Å². The van der Waals surface area contributed by atoms with Crippen LogP contribution in [0.15, 0.2) is 120 Å². The molecule has 0 saturated heterocycles. The van der Waals surface area contributed by atoms with E-state index >= 15 is 0 Å². The molecule has 0 aliphatic rings. The molecule has 0 aliphatic carbocycles. The number of pyridine rings is 2. The molecule has 0 atom stereocenters. The average molecular weight is 773 g/mol. The van der Waals surface area contributed by atoms with Gasteiger partial charge in [-0.1, -0.05) is 105 Å². The smallest absolute Gasteiger partial charge is 0.120 e. The number of furan rings is 1. The molecule has 0 saturated carbocycles. The summed E-state index contributed by atoms with van der Waals surface area (Å²) in [4.78, 5) is 8.78. The first-order valence-electron chi connectivity index (χ1n) is 18.3. The van der Waals surface area contributed by atoms with E-state index < -0.39 is 25.5 Å². The maximum Gasteiger partial charge on any atom is 0.120 e. The number of nitrogens with zero attached hydrogens (tertiary/aromatic N) is 2. The van der Waals surface area contributed by atoms with E-state index in [-0.39, 0.29) is 31.2 Å². The predicted molar refractivity (Wildman–Crippen MR) is 182 cm³/mol. The van der Waals surface area contributed by atoms with Crippen LogP contribution in [0.3, 0.4) is 0 Å². The van der Waals surface area contributed by atoms with E-state index in [0.29, 0.717) is 39.2 Å². The van der Waals surface area contributed by atoms with Crippen LogP contribution < -0.4 is 0 Å². The molecule has 227 valence electrons. The van der Waals surface area contributed by atoms with Crippen molar-refractivity contribution in [1.82, 2.24) is 9.97 Å². The van der Waals surface area contributed by atoms with Gasteiger partial charge in [-0.25, -0.2) is 0 Å². The molecule has 1 radical (unpaired) electrons. The summed E-state index contributed by atoms with van der Waals surface area (Å²) >= 11 is 0. The van der Waals surface area contributed by atoms with Gasteiger partial charge in [0.25, 0.3) is 0 Å². The Balaban J connectivity index is 0.000000207. The van der Waals surface area contributed by atoms with Crippen molar-refractivity contribution < 1.29 is 35.5 Å². The molecule has 3 aromatic heterocycles. The minimum atomic E-state index is -2.26. The molecular weight excluding hydrogens is 729 g/mol. The Hall–Kier alpha value is -4.37. The Bertz CT molecular complexity index is 2330. The van der Waals surface area contributed by atoms with Gasteiger partial charge in [0.05, 0.1) is 5.58 Å². The van der Waals surface area contributed by atoms with Crippen LogP contribution in [-0.4, -0.2) is 9.97 Å². The minimum Gasteiger partial charge on any atom is -0.501 e. The molecular formula is C41H36IrN2O-2. The van der Waals surface area contributed by atoms with Gasteiger partial charge in [-0.05, 0) is 58.3 Å². The summed E-state index contributed by atoms with van der Waals surface area (Å²) in [7, 11) is 0. The Morgan fingerprint density at radius 2 is 1.60 bits per heavy atom. The molecule has 0 bridgehead atoms. The van der Waals surface area contributed by atoms with Crippen molar-refractivity contribution in [2.45, 2.75) is 40.8 Å². The molecule has 0 spiro atoms. The van der Waals surface area contributed by atoms with Crippen LogP contribution in [0.2, 0.25) is 0 Å². The van der Waals surface area contributed by atoms with Gasteiger partial charge in [0.15, 0.2) is 0 Å². The number of hydrogen-bond acceptors (Lipinski definition) is 3. The molecule has 0 N–H and O–H groups in total. The maximum absolute atomic E-state index is 8.25. The number of fused-ring (bicyclic) bond motifs is 3. The molecule has 3 nitrogen and oxygen atoms in total. The summed E-state index contributed by atoms with van der Waals surface area (Å²) in [6.45, 7) is 1.15. The zero-order chi connectivity index (χ0) is 37.5. The van der Waals surface area contributed by atoms with Crippen molar-refractivity contribution in [3.63, 3.8) is 0 Å². The van der Waals surface area contributed by atoms with Gasteiger partial charge >= 0.3 is 0 Å². The first-order valence-corrected chi connectivity index (χ1v) is 14.3. The molecule has 45 heavy (non-hydrogen) atoms. The van der Waals surface area contributed by atoms with E-state index in [9.17, 15) is 0 Å². The third-order valence-corrected chi connectivity index (χ3v) is 6.96. The van der Waals surface area contributed by atoms with Crippen LogP contribution in [0.5, 0.6) is 0 Å². The van der Waals surface area contributed by atoms with E-state index in [1.54, 1.807) is 24.3 Å². The van der Waals surface area contributed by atoms with Crippen LogP contribution in [0.4, 0.5) is 0 Å². The molecule has 0 aliphatic heterocycles. The van der Waals surface area contributed by atoms with Crippen molar-refractivity contribution in [2.24, 2.45) is 5.41 Å². The third-order valence-electron chi connectivity index (χ3n) is 6.96. The van der Waals surface area contributed by atoms with Crippen molar-refractivity contribution >= 4 is 21.9 Å². The summed E-state index contributed by atoms with van der Waals surface area (Å²) in [5, 5.41) is 2.01. The zero-order valence-corrected chi connectivity index (χ0v) is 27.5. The molecule has 0 amide bonds. The monoisotopic (exact) mass is 773 g/mol. The number of aryl methyl sites for hydroxylation is 2. The van der Waals surface area contributed by atoms with Crippen LogP contribution in [0.1, 0.15) is 48.4 Å². The van der Waals surface area contributed by atoms with E-state index in [0.717, 1.165) is 21.9 Å². The minimum absolute atomic E-state index is 0. The Morgan fingerprint density at radius 1 is 0.800 bits per heavy atom. The standard InChI is InChI=1S/C24H16NO.C17H20N.Ir/c1-16-15-25-22(14-21(16)17-8-3-2-4-9-17)20-12-7-11-19-18-10-5-6-13-23(18)26-24(19)20;1-13-5-8-15(9-6-13)16-10-7-14(12-18-16)11-17(2,3)4;/h2-11,13-15H,1H3;5-8,10,12H,11H2,1-4H3;/q2*-1;/i1D3;1D3,11D2;. The second kappa shape index (κ2) is 13.7. The zero-order valence-electron chi connectivity index (χ0n) is 33.1. The third kappa shape index (κ3) is 7.48. The molecule has 7 aromatic rings. The largest absolute Gasteiger partial charge is 0.501 e. The van der Waals surface area contributed by atoms with Crippen LogP contribution in [0, 0.1) is 31.3 Å². The Kier molecular flexibility index (Phi) is 7.03. The molecule has 3 heterocycles. The SMILES string of the molecule is [2H]C([2H])([2H])c1c[c-]c(-c2ccc(C([2H])([2H])C(C)(C)C)cn2)cc1.[2H]C([2H])([2H])c1cnc(-c2[c-]ccc3c2oc2ccccc23)cc1-c1ccccc1.[Ir]. The second-order valence-corrected chi connectivity index (χ2v) is 11.5. The van der Waals surface area contributed by atoms with E-state index in [4.69, 9.17) is 15.4 Å². The van der Waals surface area contributed by atoms with Crippen LogP contribution >= 0.6 is 0 Å². The quantitative estimate of drug-likeness (QED) is 0.167. The van der Waals surface area contributed by atoms with Gasteiger partial charge in [-0.3, -0.25) is 0 Å². The van der Waals surface area contributed by atoms with Gasteiger partial charge in [-0.15, -0.1) is 53.6 Å². The van der Waals surface area contributed by atoms with Gasteiger partial charge in [0.2, 0.25) is 0 Å². The molecule has 0 fully saturated rings. The Labute approximate surface area is 291 Å². The van der Waals surface area contributed by atoms with E-state index in [1.165, 1.54) is 18.5 Å². The van der Waals surface area contributed by atoms with Crippen LogP contribution in [0.25, 0.3) is 55.6 Å². The van der Waals surface area contributed by atoms with Gasteiger partial charge in [0, 0.05) is 48.9 Å². The number of benzene rings is 4. The molecule has 0 unspecified atom stereocenters. The van der Waals surface area contributed by atoms with Crippen LogP contribution in [-0.2, 0) is 26.5 Å². The summed E-state index contributed by atoms with van der Waals surface area (Å²) < 4.78 is 68.4. The molecule has 4 heteroatoms. The summed E-state index contributed by atoms with van der Waals surface area (Å²) in [6, 6.07) is 37.3. The Morgan fingerprint density at radius 3 is 2.31 bits per heavy atom. The summed E-state index contributed by atoms with van der Waals surface area (Å²) in [6.07, 6.45) is 1.49. The molecule has 4 aromatic carbocycles. The van der Waals surface area contributed by atoms with Crippen molar-refractivity contribution in [3.05, 3.63) is 144 Å². The summed E-state index contributed by atoms with van der Waals surface area (Å²) in [5.74, 6) is 0. The number of para-hydroxylation sites is 1. The fourth-order valence-corrected chi connectivity index (χ4v) is 4.97.